The van der Waals surface area contributed by atoms with Crippen LogP contribution in [0.2, 0.25) is 0 Å². The number of phenols is 1. The lowest BCUT2D eigenvalue weighted by Crippen LogP contribution is -2.03. The lowest BCUT2D eigenvalue weighted by molar-refractivity contribution is -0.139. The molecule has 0 spiro atoms. The van der Waals surface area contributed by atoms with Gasteiger partial charge >= 0.3 is 5.97 Å². The van der Waals surface area contributed by atoms with Crippen molar-refractivity contribution in [3.63, 3.8) is 0 Å². The molecule has 0 aliphatic rings. The first-order valence-corrected chi connectivity index (χ1v) is 8.33. The second-order valence-corrected chi connectivity index (χ2v) is 6.39. The van der Waals surface area contributed by atoms with Crippen LogP contribution in [0.1, 0.15) is 27.8 Å². The van der Waals surface area contributed by atoms with Crippen LogP contribution in [0.4, 0.5) is 0 Å². The molecule has 3 aromatic rings. The second kappa shape index (κ2) is 7.01. The maximum Gasteiger partial charge on any atom is 0.310 e. The van der Waals surface area contributed by atoms with Gasteiger partial charge in [-0.25, -0.2) is 0 Å². The van der Waals surface area contributed by atoms with E-state index in [1.165, 1.54) is 30.1 Å². The third-order valence-electron chi connectivity index (χ3n) is 4.60. The van der Waals surface area contributed by atoms with Crippen LogP contribution >= 0.6 is 0 Å². The van der Waals surface area contributed by atoms with E-state index in [2.05, 4.69) is 32.0 Å². The highest BCUT2D eigenvalue weighted by atomic mass is 16.5. The summed E-state index contributed by atoms with van der Waals surface area (Å²) in [6.45, 7) is 4.19. The van der Waals surface area contributed by atoms with Gasteiger partial charge < -0.3 is 14.3 Å². The molecule has 4 heteroatoms. The number of furan rings is 1. The lowest BCUT2D eigenvalue weighted by atomic mass is 9.97. The number of hydrogen-bond acceptors (Lipinski definition) is 4. The predicted octanol–water partition coefficient (Wildman–Crippen LogP) is 4.26. The Hall–Kier alpha value is -2.75. The maximum absolute atomic E-state index is 11.5. The van der Waals surface area contributed by atoms with Crippen molar-refractivity contribution in [2.75, 3.05) is 7.11 Å². The highest BCUT2D eigenvalue weighted by Gasteiger charge is 2.16. The predicted molar refractivity (Wildman–Crippen MR) is 96.9 cm³/mol. The molecule has 3 rings (SSSR count). The van der Waals surface area contributed by atoms with E-state index in [4.69, 9.17) is 9.15 Å². The highest BCUT2D eigenvalue weighted by Crippen LogP contribution is 2.33. The van der Waals surface area contributed by atoms with Crippen LogP contribution in [0, 0.1) is 13.8 Å². The number of fused-ring (bicyclic) bond motifs is 1. The van der Waals surface area contributed by atoms with Gasteiger partial charge in [0.05, 0.1) is 19.8 Å². The van der Waals surface area contributed by atoms with E-state index in [0.717, 1.165) is 29.4 Å². The smallest absolute Gasteiger partial charge is 0.310 e. The molecule has 130 valence electrons. The van der Waals surface area contributed by atoms with Crippen LogP contribution in [-0.4, -0.2) is 18.2 Å². The molecular weight excluding hydrogens is 316 g/mol. The van der Waals surface area contributed by atoms with Gasteiger partial charge in [0.15, 0.2) is 11.3 Å². The quantitative estimate of drug-likeness (QED) is 0.706. The van der Waals surface area contributed by atoms with Crippen molar-refractivity contribution < 1.29 is 19.1 Å². The van der Waals surface area contributed by atoms with Gasteiger partial charge in [-0.15, -0.1) is 0 Å². The number of methoxy groups -OCH3 is 1. The molecule has 0 saturated carbocycles. The van der Waals surface area contributed by atoms with E-state index in [9.17, 15) is 9.90 Å². The summed E-state index contributed by atoms with van der Waals surface area (Å²) in [4.78, 5) is 11.5. The number of carbonyl (C=O) groups excluding carboxylic acids is 1. The summed E-state index contributed by atoms with van der Waals surface area (Å²) in [5, 5.41) is 11.3. The first-order valence-electron chi connectivity index (χ1n) is 8.33. The highest BCUT2D eigenvalue weighted by molar-refractivity contribution is 5.90. The largest absolute Gasteiger partial charge is 0.504 e. The summed E-state index contributed by atoms with van der Waals surface area (Å²) in [6.07, 6.45) is 3.21. The van der Waals surface area contributed by atoms with Crippen molar-refractivity contribution in [3.8, 4) is 5.75 Å². The molecule has 0 aliphatic heterocycles. The minimum absolute atomic E-state index is 0.130. The summed E-state index contributed by atoms with van der Waals surface area (Å²) < 4.78 is 10.2. The number of benzene rings is 2. The van der Waals surface area contributed by atoms with Crippen LogP contribution in [0.15, 0.2) is 41.0 Å². The van der Waals surface area contributed by atoms with Gasteiger partial charge in [-0.05, 0) is 43.4 Å². The summed E-state index contributed by atoms with van der Waals surface area (Å²) >= 11 is 0. The van der Waals surface area contributed by atoms with Gasteiger partial charge in [-0.2, -0.15) is 0 Å². The van der Waals surface area contributed by atoms with Crippen LogP contribution < -0.4 is 0 Å². The Kier molecular flexibility index (Phi) is 4.79. The topological polar surface area (TPSA) is 59.7 Å². The first-order chi connectivity index (χ1) is 12.0. The number of aromatic hydroxyl groups is 1. The number of hydrogen-bond donors (Lipinski definition) is 1. The van der Waals surface area contributed by atoms with E-state index in [0.29, 0.717) is 5.58 Å². The molecule has 0 radical (unpaired) electrons. The Labute approximate surface area is 147 Å². The summed E-state index contributed by atoms with van der Waals surface area (Å²) in [6, 6.07) is 10.2. The second-order valence-electron chi connectivity index (χ2n) is 6.39. The maximum atomic E-state index is 11.5. The fourth-order valence-corrected chi connectivity index (χ4v) is 3.14. The molecule has 0 amide bonds. The van der Waals surface area contributed by atoms with E-state index in [1.54, 1.807) is 0 Å². The Morgan fingerprint density at radius 3 is 2.52 bits per heavy atom. The average Bonchev–Trinajstić information content (AvgIpc) is 2.99. The van der Waals surface area contributed by atoms with Crippen molar-refractivity contribution >= 4 is 16.9 Å². The van der Waals surface area contributed by atoms with Gasteiger partial charge in [0, 0.05) is 10.9 Å². The van der Waals surface area contributed by atoms with Gasteiger partial charge in [0.25, 0.3) is 0 Å². The minimum Gasteiger partial charge on any atom is -0.504 e. The summed E-state index contributed by atoms with van der Waals surface area (Å²) in [5.74, 6) is -0.181. The van der Waals surface area contributed by atoms with E-state index >= 15 is 0 Å². The molecule has 4 nitrogen and oxygen atoms in total. The Balaban J connectivity index is 1.83. The van der Waals surface area contributed by atoms with Gasteiger partial charge in [-0.3, -0.25) is 4.79 Å². The molecule has 2 aromatic carbocycles. The van der Waals surface area contributed by atoms with Gasteiger partial charge in [0.1, 0.15) is 0 Å². The zero-order valence-corrected chi connectivity index (χ0v) is 14.8. The fraction of sp³-hybridized carbons (Fsp3) is 0.286. The average molecular weight is 338 g/mol. The van der Waals surface area contributed by atoms with Crippen molar-refractivity contribution in [3.05, 3.63) is 64.4 Å². The molecule has 0 atom stereocenters. The Morgan fingerprint density at radius 2 is 1.80 bits per heavy atom. The fourth-order valence-electron chi connectivity index (χ4n) is 3.14. The van der Waals surface area contributed by atoms with Crippen LogP contribution in [-0.2, 0) is 28.8 Å². The third-order valence-corrected chi connectivity index (χ3v) is 4.60. The molecule has 0 fully saturated rings. The molecule has 0 unspecified atom stereocenters. The number of ether oxygens (including phenoxy) is 1. The van der Waals surface area contributed by atoms with Crippen LogP contribution in [0.25, 0.3) is 11.0 Å². The van der Waals surface area contributed by atoms with Crippen molar-refractivity contribution in [2.24, 2.45) is 0 Å². The number of aryl methyl sites for hydroxylation is 4. The summed E-state index contributed by atoms with van der Waals surface area (Å²) in [5.41, 5.74) is 5.77. The van der Waals surface area contributed by atoms with Crippen molar-refractivity contribution in [1.29, 1.82) is 0 Å². The SMILES string of the molecule is COC(=O)Cc1coc2c(O)c(CCc3ccc(C)cc3C)ccc12. The standard InChI is InChI=1S/C21H22O4/c1-13-4-5-15(14(2)10-13)6-7-16-8-9-18-17(11-19(22)24-3)12-25-21(18)20(16)23/h4-5,8-10,12,23H,6-7,11H2,1-3H3. The zero-order valence-electron chi connectivity index (χ0n) is 14.8. The number of esters is 1. The monoisotopic (exact) mass is 338 g/mol. The Bertz CT molecular complexity index is 921. The van der Waals surface area contributed by atoms with Gasteiger partial charge in [-0.1, -0.05) is 35.9 Å². The first kappa shape index (κ1) is 17.1. The Morgan fingerprint density at radius 1 is 1.08 bits per heavy atom. The van der Waals surface area contributed by atoms with Crippen LogP contribution in [0.5, 0.6) is 5.75 Å². The number of rotatable bonds is 5. The molecular formula is C21H22O4. The summed E-state index contributed by atoms with van der Waals surface area (Å²) in [7, 11) is 1.35. The van der Waals surface area contributed by atoms with E-state index < -0.39 is 0 Å². The normalized spacial score (nSPS) is 11.0. The van der Waals surface area contributed by atoms with E-state index in [-0.39, 0.29) is 18.1 Å². The molecule has 0 aliphatic carbocycles. The third kappa shape index (κ3) is 3.53. The molecule has 0 saturated heterocycles. The van der Waals surface area contributed by atoms with E-state index in [1.807, 2.05) is 12.1 Å². The molecule has 1 heterocycles. The zero-order chi connectivity index (χ0) is 18.0. The lowest BCUT2D eigenvalue weighted by Gasteiger charge is -2.09. The van der Waals surface area contributed by atoms with Gasteiger partial charge in [0.2, 0.25) is 0 Å². The van der Waals surface area contributed by atoms with Crippen molar-refractivity contribution in [2.45, 2.75) is 33.1 Å². The molecule has 0 bridgehead atoms. The van der Waals surface area contributed by atoms with Crippen molar-refractivity contribution in [1.82, 2.24) is 0 Å². The number of phenolic OH excluding ortho intramolecular Hbond substituents is 1. The minimum atomic E-state index is -0.332. The molecule has 25 heavy (non-hydrogen) atoms. The number of carbonyl (C=O) groups is 1. The van der Waals surface area contributed by atoms with Crippen LogP contribution in [0.3, 0.4) is 0 Å². The molecule has 1 aromatic heterocycles. The molecule has 1 N–H and O–H groups in total.